The number of aromatic amines is 1. The van der Waals surface area contributed by atoms with E-state index in [1.165, 1.54) is 4.90 Å². The van der Waals surface area contributed by atoms with Crippen LogP contribution in [0.2, 0.25) is 0 Å². The number of nitrogens with zero attached hydrogens (tertiary/aromatic N) is 2. The van der Waals surface area contributed by atoms with Gasteiger partial charge >= 0.3 is 6.03 Å². The minimum absolute atomic E-state index is 0.155. The number of hydrogen-bond donors (Lipinski definition) is 2. The molecule has 5 rings (SSSR count). The number of nitrogens with one attached hydrogen (secondary N) is 2. The first kappa shape index (κ1) is 23.4. The Morgan fingerprint density at radius 2 is 1.94 bits per heavy atom. The molecule has 1 aromatic heterocycles. The van der Waals surface area contributed by atoms with E-state index < -0.39 is 11.6 Å². The zero-order chi connectivity index (χ0) is 24.6. The molecule has 0 unspecified atom stereocenters. The van der Waals surface area contributed by atoms with Gasteiger partial charge < -0.3 is 19.8 Å². The van der Waals surface area contributed by atoms with E-state index in [4.69, 9.17) is 9.47 Å². The van der Waals surface area contributed by atoms with Crippen LogP contribution in [0.3, 0.4) is 0 Å². The Labute approximate surface area is 205 Å². The number of fused-ring (bicyclic) bond motifs is 4. The van der Waals surface area contributed by atoms with Crippen LogP contribution in [0.15, 0.2) is 48.5 Å². The first-order chi connectivity index (χ1) is 17.0. The van der Waals surface area contributed by atoms with Crippen molar-refractivity contribution in [1.82, 2.24) is 20.1 Å². The second kappa shape index (κ2) is 9.36. The summed E-state index contributed by atoms with van der Waals surface area (Å²) >= 11 is 0. The topological polar surface area (TPSA) is 86.9 Å². The molecule has 1 saturated heterocycles. The molecule has 1 fully saturated rings. The molecular formula is C27H32N4O4. The summed E-state index contributed by atoms with van der Waals surface area (Å²) in [6, 6.07) is 15.3. The van der Waals surface area contributed by atoms with Gasteiger partial charge in [0.1, 0.15) is 17.3 Å². The van der Waals surface area contributed by atoms with E-state index in [0.29, 0.717) is 39.3 Å². The van der Waals surface area contributed by atoms with Gasteiger partial charge in [-0.3, -0.25) is 14.6 Å². The number of hydrogen-bond acceptors (Lipinski definition) is 5. The minimum atomic E-state index is -0.978. The molecule has 184 valence electrons. The van der Waals surface area contributed by atoms with Crippen LogP contribution in [-0.2, 0) is 16.0 Å². The lowest BCUT2D eigenvalue weighted by Gasteiger charge is -2.42. The van der Waals surface area contributed by atoms with Gasteiger partial charge in [-0.05, 0) is 43.2 Å². The highest BCUT2D eigenvalue weighted by molar-refractivity contribution is 6.08. The quantitative estimate of drug-likeness (QED) is 0.365. The van der Waals surface area contributed by atoms with Crippen molar-refractivity contribution in [2.75, 3.05) is 40.0 Å². The van der Waals surface area contributed by atoms with Crippen molar-refractivity contribution in [2.45, 2.75) is 31.8 Å². The van der Waals surface area contributed by atoms with Crippen molar-refractivity contribution in [3.8, 4) is 5.75 Å². The summed E-state index contributed by atoms with van der Waals surface area (Å²) in [5.74, 6) is 0.640. The third-order valence-corrected chi connectivity index (χ3v) is 7.06. The highest BCUT2D eigenvalue weighted by Gasteiger charge is 2.59. The summed E-state index contributed by atoms with van der Waals surface area (Å²) in [6.45, 7) is 6.52. The number of carbonyl (C=O) groups excluding carboxylic acids is 2. The molecule has 8 heteroatoms. The standard InChI is InChI=1S/C27H32N4O4/c1-4-35-19-10-11-22-20(16-19)21-17-27(2)25(32)30(14-12-28-13-15-34-3)26(33)31(27)24(23(21)29-22)18-8-6-5-7-9-18/h5-11,16,24,28-29H,4,12-15,17H2,1-3H3/t24-,27+/m1/s1. The first-order valence-electron chi connectivity index (χ1n) is 12.2. The number of rotatable bonds is 9. The predicted molar refractivity (Wildman–Crippen MR) is 134 cm³/mol. The number of ether oxygens (including phenoxy) is 2. The Hall–Kier alpha value is -3.36. The van der Waals surface area contributed by atoms with Gasteiger partial charge in [0.05, 0.1) is 13.2 Å². The highest BCUT2D eigenvalue weighted by atomic mass is 16.5. The van der Waals surface area contributed by atoms with Crippen molar-refractivity contribution in [3.63, 3.8) is 0 Å². The summed E-state index contributed by atoms with van der Waals surface area (Å²) in [5, 5.41) is 4.27. The van der Waals surface area contributed by atoms with E-state index in [9.17, 15) is 9.59 Å². The largest absolute Gasteiger partial charge is 0.494 e. The number of urea groups is 1. The lowest BCUT2D eigenvalue weighted by atomic mass is 9.81. The van der Waals surface area contributed by atoms with Crippen LogP contribution in [0.25, 0.3) is 10.9 Å². The van der Waals surface area contributed by atoms with Gasteiger partial charge in [0.15, 0.2) is 0 Å². The molecule has 0 radical (unpaired) electrons. The molecule has 2 aliphatic heterocycles. The van der Waals surface area contributed by atoms with Crippen LogP contribution in [0.5, 0.6) is 5.75 Å². The Balaban J connectivity index is 1.58. The van der Waals surface area contributed by atoms with E-state index >= 15 is 0 Å². The smallest absolute Gasteiger partial charge is 0.328 e. The van der Waals surface area contributed by atoms with Crippen LogP contribution >= 0.6 is 0 Å². The van der Waals surface area contributed by atoms with Crippen LogP contribution in [0, 0.1) is 0 Å². The fraction of sp³-hybridized carbons (Fsp3) is 0.407. The zero-order valence-electron chi connectivity index (χ0n) is 20.5. The number of amides is 3. The predicted octanol–water partition coefficient (Wildman–Crippen LogP) is 3.47. The molecule has 2 N–H and O–H groups in total. The Bertz CT molecular complexity index is 1240. The first-order valence-corrected chi connectivity index (χ1v) is 12.2. The molecule has 8 nitrogen and oxygen atoms in total. The molecule has 2 atom stereocenters. The maximum Gasteiger partial charge on any atom is 0.328 e. The summed E-state index contributed by atoms with van der Waals surface area (Å²) in [6.07, 6.45) is 0.444. The monoisotopic (exact) mass is 476 g/mol. The van der Waals surface area contributed by atoms with E-state index in [0.717, 1.165) is 33.5 Å². The van der Waals surface area contributed by atoms with E-state index in [-0.39, 0.29) is 11.9 Å². The van der Waals surface area contributed by atoms with E-state index in [1.807, 2.05) is 62.4 Å². The summed E-state index contributed by atoms with van der Waals surface area (Å²) < 4.78 is 10.8. The van der Waals surface area contributed by atoms with Gasteiger partial charge in [-0.15, -0.1) is 0 Å². The third kappa shape index (κ3) is 3.86. The third-order valence-electron chi connectivity index (χ3n) is 7.06. The van der Waals surface area contributed by atoms with Gasteiger partial charge in [0.2, 0.25) is 0 Å². The number of benzene rings is 2. The van der Waals surface area contributed by atoms with Crippen molar-refractivity contribution in [3.05, 3.63) is 65.4 Å². The van der Waals surface area contributed by atoms with Crippen LogP contribution < -0.4 is 10.1 Å². The van der Waals surface area contributed by atoms with Gasteiger partial charge in [0, 0.05) is 49.8 Å². The molecule has 3 aromatic rings. The van der Waals surface area contributed by atoms with Crippen molar-refractivity contribution >= 4 is 22.8 Å². The van der Waals surface area contributed by atoms with Crippen molar-refractivity contribution in [1.29, 1.82) is 0 Å². The van der Waals surface area contributed by atoms with Gasteiger partial charge in [0.25, 0.3) is 5.91 Å². The van der Waals surface area contributed by atoms with Gasteiger partial charge in [-0.1, -0.05) is 30.3 Å². The van der Waals surface area contributed by atoms with E-state index in [1.54, 1.807) is 12.0 Å². The maximum absolute atomic E-state index is 13.8. The molecule has 0 spiro atoms. The summed E-state index contributed by atoms with van der Waals surface area (Å²) in [4.78, 5) is 34.3. The lowest BCUT2D eigenvalue weighted by Crippen LogP contribution is -2.53. The summed E-state index contributed by atoms with van der Waals surface area (Å²) in [7, 11) is 1.65. The summed E-state index contributed by atoms with van der Waals surface area (Å²) in [5.41, 5.74) is 2.99. The number of imide groups is 1. The Morgan fingerprint density at radius 3 is 2.69 bits per heavy atom. The average Bonchev–Trinajstić information content (AvgIpc) is 3.30. The van der Waals surface area contributed by atoms with Gasteiger partial charge in [-0.2, -0.15) is 0 Å². The second-order valence-corrected chi connectivity index (χ2v) is 9.27. The molecule has 3 heterocycles. The normalized spacial score (nSPS) is 21.5. The number of aromatic nitrogens is 1. The second-order valence-electron chi connectivity index (χ2n) is 9.27. The maximum atomic E-state index is 13.8. The highest BCUT2D eigenvalue weighted by Crippen LogP contribution is 2.48. The van der Waals surface area contributed by atoms with Gasteiger partial charge in [-0.25, -0.2) is 4.79 Å². The molecular weight excluding hydrogens is 444 g/mol. The fourth-order valence-electron chi connectivity index (χ4n) is 5.42. The molecule has 2 aliphatic rings. The zero-order valence-corrected chi connectivity index (χ0v) is 20.5. The molecule has 0 aliphatic carbocycles. The lowest BCUT2D eigenvalue weighted by molar-refractivity contribution is -0.133. The SMILES string of the molecule is CCOc1ccc2[nH]c3c(c2c1)C[C@@]1(C)C(=O)N(CCNCCOC)C(=O)N1[C@@H]3c1ccccc1. The van der Waals surface area contributed by atoms with Crippen LogP contribution in [0.1, 0.15) is 36.7 Å². The molecule has 35 heavy (non-hydrogen) atoms. The average molecular weight is 477 g/mol. The van der Waals surface area contributed by atoms with E-state index in [2.05, 4.69) is 10.3 Å². The molecule has 0 saturated carbocycles. The molecule has 3 amide bonds. The molecule has 2 aromatic carbocycles. The molecule has 0 bridgehead atoms. The number of H-pyrrole nitrogens is 1. The Kier molecular flexibility index (Phi) is 6.25. The van der Waals surface area contributed by atoms with Crippen LogP contribution in [0.4, 0.5) is 4.79 Å². The minimum Gasteiger partial charge on any atom is -0.494 e. The Morgan fingerprint density at radius 1 is 1.14 bits per heavy atom. The van der Waals surface area contributed by atoms with Crippen molar-refractivity contribution in [2.24, 2.45) is 0 Å². The number of methoxy groups -OCH3 is 1. The fourth-order valence-corrected chi connectivity index (χ4v) is 5.42. The van der Waals surface area contributed by atoms with Crippen LogP contribution in [-0.4, -0.2) is 72.2 Å². The number of carbonyl (C=O) groups is 2. The van der Waals surface area contributed by atoms with Crippen molar-refractivity contribution < 1.29 is 19.1 Å².